The predicted octanol–water partition coefficient (Wildman–Crippen LogP) is 2.60. The number of allylic oxidation sites excluding steroid dienone is 1. The maximum atomic E-state index is 9.27. The predicted molar refractivity (Wildman–Crippen MR) is 67.4 cm³/mol. The van der Waals surface area contributed by atoms with Crippen LogP contribution < -0.4 is 14.8 Å². The van der Waals surface area contributed by atoms with Crippen molar-refractivity contribution in [3.63, 3.8) is 0 Å². The molecular weight excluding hydrogens is 218 g/mol. The molecule has 0 aliphatic heterocycles. The van der Waals surface area contributed by atoms with Crippen molar-refractivity contribution in [2.75, 3.05) is 14.2 Å². The molecule has 1 aromatic carbocycles. The Morgan fingerprint density at radius 2 is 2.00 bits per heavy atom. The first kappa shape index (κ1) is 13.2. The van der Waals surface area contributed by atoms with Crippen LogP contribution in [0.15, 0.2) is 30.2 Å². The van der Waals surface area contributed by atoms with Crippen molar-refractivity contribution in [2.45, 2.75) is 19.9 Å². The molecule has 0 bridgehead atoms. The summed E-state index contributed by atoms with van der Waals surface area (Å²) in [6, 6.07) is 5.72. The third-order valence-electron chi connectivity index (χ3n) is 2.39. The maximum absolute atomic E-state index is 9.27. The van der Waals surface area contributed by atoms with E-state index >= 15 is 0 Å². The average molecular weight is 237 g/mol. The van der Waals surface area contributed by atoms with Crippen LogP contribution in [0.2, 0.25) is 0 Å². The lowest BCUT2D eigenvalue weighted by molar-refractivity contribution is 0.354. The van der Waals surface area contributed by atoms with Crippen molar-refractivity contribution in [1.29, 1.82) is 0 Å². The minimum atomic E-state index is 0.338. The normalized spacial score (nSPS) is 11.1. The van der Waals surface area contributed by atoms with E-state index in [1.54, 1.807) is 20.4 Å². The van der Waals surface area contributed by atoms with Gasteiger partial charge in [-0.25, -0.2) is 0 Å². The number of aliphatic hydroxyl groups excluding tert-OH is 1. The van der Waals surface area contributed by atoms with Crippen molar-refractivity contribution in [3.8, 4) is 11.5 Å². The Bertz CT molecular complexity index is 388. The van der Waals surface area contributed by atoms with Crippen molar-refractivity contribution in [2.24, 2.45) is 0 Å². The maximum Gasteiger partial charge on any atom is 0.161 e. The number of hydrogen-bond acceptors (Lipinski definition) is 4. The largest absolute Gasteiger partial charge is 0.511 e. The molecule has 0 atom stereocenters. The van der Waals surface area contributed by atoms with E-state index in [9.17, 15) is 5.11 Å². The van der Waals surface area contributed by atoms with Crippen LogP contribution in [0.25, 0.3) is 0 Å². The Morgan fingerprint density at radius 3 is 2.59 bits per heavy atom. The fourth-order valence-electron chi connectivity index (χ4n) is 1.38. The second kappa shape index (κ2) is 6.68. The Kier molecular flexibility index (Phi) is 5.20. The zero-order valence-corrected chi connectivity index (χ0v) is 10.5. The number of aliphatic hydroxyl groups is 1. The summed E-state index contributed by atoms with van der Waals surface area (Å²) in [5.41, 5.74) is 1.06. The number of methoxy groups -OCH3 is 2. The SMILES string of the molecule is CC/C(O)=C/NCc1ccc(OC)c(OC)c1. The van der Waals surface area contributed by atoms with Gasteiger partial charge in [-0.1, -0.05) is 13.0 Å². The number of benzene rings is 1. The molecule has 1 rings (SSSR count). The van der Waals surface area contributed by atoms with Crippen molar-refractivity contribution in [1.82, 2.24) is 5.32 Å². The van der Waals surface area contributed by atoms with Gasteiger partial charge in [0.1, 0.15) is 5.76 Å². The van der Waals surface area contributed by atoms with Crippen LogP contribution in [0.1, 0.15) is 18.9 Å². The summed E-state index contributed by atoms with van der Waals surface area (Å²) in [6.45, 7) is 2.52. The van der Waals surface area contributed by atoms with Gasteiger partial charge in [-0.2, -0.15) is 0 Å². The van der Waals surface area contributed by atoms with E-state index in [-0.39, 0.29) is 0 Å². The van der Waals surface area contributed by atoms with E-state index < -0.39 is 0 Å². The van der Waals surface area contributed by atoms with Gasteiger partial charge in [-0.15, -0.1) is 0 Å². The number of hydrogen-bond donors (Lipinski definition) is 2. The lowest BCUT2D eigenvalue weighted by Crippen LogP contribution is -2.06. The highest BCUT2D eigenvalue weighted by Gasteiger charge is 2.03. The van der Waals surface area contributed by atoms with E-state index in [1.165, 1.54) is 0 Å². The molecule has 94 valence electrons. The van der Waals surface area contributed by atoms with Crippen LogP contribution in [0.4, 0.5) is 0 Å². The van der Waals surface area contributed by atoms with Gasteiger partial charge in [-0.3, -0.25) is 0 Å². The molecule has 17 heavy (non-hydrogen) atoms. The molecule has 0 heterocycles. The first-order valence-corrected chi connectivity index (χ1v) is 5.53. The van der Waals surface area contributed by atoms with Crippen LogP contribution in [0.5, 0.6) is 11.5 Å². The molecule has 0 aromatic heterocycles. The molecule has 0 aliphatic carbocycles. The summed E-state index contributed by atoms with van der Waals surface area (Å²) in [7, 11) is 3.22. The van der Waals surface area contributed by atoms with Crippen LogP contribution in [0, 0.1) is 0 Å². The standard InChI is InChI=1S/C13H19NO3/c1-4-11(15)9-14-8-10-5-6-12(16-2)13(7-10)17-3/h5-7,9,14-15H,4,8H2,1-3H3/b11-9-. The van der Waals surface area contributed by atoms with Gasteiger partial charge < -0.3 is 19.9 Å². The molecule has 0 amide bonds. The Hall–Kier alpha value is -1.84. The summed E-state index contributed by atoms with van der Waals surface area (Å²) in [6.07, 6.45) is 2.23. The fraction of sp³-hybridized carbons (Fsp3) is 0.385. The van der Waals surface area contributed by atoms with Crippen LogP contribution in [-0.2, 0) is 6.54 Å². The van der Waals surface area contributed by atoms with Gasteiger partial charge in [0.15, 0.2) is 11.5 Å². The molecule has 2 N–H and O–H groups in total. The van der Waals surface area contributed by atoms with Crippen LogP contribution in [-0.4, -0.2) is 19.3 Å². The first-order valence-electron chi connectivity index (χ1n) is 5.53. The lowest BCUT2D eigenvalue weighted by Gasteiger charge is -2.09. The molecule has 0 saturated carbocycles. The van der Waals surface area contributed by atoms with E-state index in [0.29, 0.717) is 30.2 Å². The second-order valence-electron chi connectivity index (χ2n) is 3.56. The van der Waals surface area contributed by atoms with Crippen molar-refractivity contribution in [3.05, 3.63) is 35.7 Å². The van der Waals surface area contributed by atoms with Gasteiger partial charge in [0.25, 0.3) is 0 Å². The molecular formula is C13H19NO3. The fourth-order valence-corrected chi connectivity index (χ4v) is 1.38. The van der Waals surface area contributed by atoms with E-state index in [0.717, 1.165) is 5.56 Å². The van der Waals surface area contributed by atoms with Crippen molar-refractivity contribution >= 4 is 0 Å². The molecule has 0 spiro atoms. The van der Waals surface area contributed by atoms with Gasteiger partial charge in [0, 0.05) is 19.2 Å². The third kappa shape index (κ3) is 3.90. The minimum absolute atomic E-state index is 0.338. The monoisotopic (exact) mass is 237 g/mol. The molecule has 0 aliphatic rings. The first-order chi connectivity index (χ1) is 8.21. The molecule has 4 nitrogen and oxygen atoms in total. The smallest absolute Gasteiger partial charge is 0.161 e. The highest BCUT2D eigenvalue weighted by molar-refractivity contribution is 5.42. The Labute approximate surface area is 102 Å². The molecule has 1 aromatic rings. The van der Waals surface area contributed by atoms with Gasteiger partial charge in [-0.05, 0) is 17.7 Å². The highest BCUT2D eigenvalue weighted by Crippen LogP contribution is 2.27. The zero-order valence-electron chi connectivity index (χ0n) is 10.5. The Balaban J connectivity index is 2.66. The average Bonchev–Trinajstić information content (AvgIpc) is 2.38. The summed E-state index contributed by atoms with van der Waals surface area (Å²) in [5, 5.41) is 12.3. The molecule has 0 fully saturated rings. The van der Waals surface area contributed by atoms with Crippen LogP contribution in [0.3, 0.4) is 0 Å². The summed E-state index contributed by atoms with van der Waals surface area (Å²) < 4.78 is 10.4. The van der Waals surface area contributed by atoms with Crippen LogP contribution >= 0.6 is 0 Å². The molecule has 0 saturated heterocycles. The number of rotatable bonds is 6. The van der Waals surface area contributed by atoms with E-state index in [4.69, 9.17) is 9.47 Å². The lowest BCUT2D eigenvalue weighted by atomic mass is 10.2. The number of nitrogens with one attached hydrogen (secondary N) is 1. The second-order valence-corrected chi connectivity index (χ2v) is 3.56. The van der Waals surface area contributed by atoms with Gasteiger partial charge in [0.2, 0.25) is 0 Å². The molecule has 0 radical (unpaired) electrons. The minimum Gasteiger partial charge on any atom is -0.511 e. The zero-order chi connectivity index (χ0) is 12.7. The summed E-state index contributed by atoms with van der Waals surface area (Å²) in [4.78, 5) is 0. The number of ether oxygens (including phenoxy) is 2. The van der Waals surface area contributed by atoms with E-state index in [2.05, 4.69) is 5.32 Å². The molecule has 0 unspecified atom stereocenters. The quantitative estimate of drug-likeness (QED) is 0.747. The topological polar surface area (TPSA) is 50.7 Å². The van der Waals surface area contributed by atoms with Gasteiger partial charge >= 0.3 is 0 Å². The van der Waals surface area contributed by atoms with Gasteiger partial charge in [0.05, 0.1) is 14.2 Å². The summed E-state index contributed by atoms with van der Waals surface area (Å²) in [5.74, 6) is 1.75. The molecule has 4 heteroatoms. The van der Waals surface area contributed by atoms with E-state index in [1.807, 2.05) is 25.1 Å². The third-order valence-corrected chi connectivity index (χ3v) is 2.39. The summed E-state index contributed by atoms with van der Waals surface area (Å²) >= 11 is 0. The Morgan fingerprint density at radius 1 is 1.29 bits per heavy atom. The highest BCUT2D eigenvalue weighted by atomic mass is 16.5. The van der Waals surface area contributed by atoms with Crippen molar-refractivity contribution < 1.29 is 14.6 Å².